The minimum Gasteiger partial charge on any atom is -0.320 e. The van der Waals surface area contributed by atoms with E-state index in [0.717, 1.165) is 6.54 Å². The third-order valence-corrected chi connectivity index (χ3v) is 2.79. The molecular formula is C9H20N2. The van der Waals surface area contributed by atoms with Crippen molar-refractivity contribution in [3.63, 3.8) is 0 Å². The standard InChI is InChI=1S/C9H20N2/c1-9(3-6-10-2)4-7-11-8-5-9/h10-11H,3-8H2,1-2H3. The lowest BCUT2D eigenvalue weighted by molar-refractivity contribution is 0.211. The van der Waals surface area contributed by atoms with Gasteiger partial charge in [-0.1, -0.05) is 6.92 Å². The van der Waals surface area contributed by atoms with Crippen LogP contribution in [0.2, 0.25) is 0 Å². The maximum Gasteiger partial charge on any atom is -0.00437 e. The van der Waals surface area contributed by atoms with E-state index in [9.17, 15) is 0 Å². The van der Waals surface area contributed by atoms with E-state index in [-0.39, 0.29) is 0 Å². The first-order valence-electron chi connectivity index (χ1n) is 4.62. The average molecular weight is 156 g/mol. The van der Waals surface area contributed by atoms with Gasteiger partial charge in [0.2, 0.25) is 0 Å². The van der Waals surface area contributed by atoms with Crippen LogP contribution in [0.1, 0.15) is 26.2 Å². The molecule has 1 aliphatic rings. The van der Waals surface area contributed by atoms with Crippen molar-refractivity contribution in [3.8, 4) is 0 Å². The van der Waals surface area contributed by atoms with Gasteiger partial charge in [0.25, 0.3) is 0 Å². The molecule has 1 fully saturated rings. The first-order chi connectivity index (χ1) is 5.27. The van der Waals surface area contributed by atoms with Gasteiger partial charge in [-0.2, -0.15) is 0 Å². The number of nitrogens with one attached hydrogen (secondary N) is 2. The lowest BCUT2D eigenvalue weighted by Crippen LogP contribution is -2.36. The highest BCUT2D eigenvalue weighted by Gasteiger charge is 2.25. The summed E-state index contributed by atoms with van der Waals surface area (Å²) in [6.07, 6.45) is 4.01. The van der Waals surface area contributed by atoms with Gasteiger partial charge in [-0.15, -0.1) is 0 Å². The topological polar surface area (TPSA) is 24.1 Å². The Morgan fingerprint density at radius 2 is 2.00 bits per heavy atom. The fourth-order valence-electron chi connectivity index (χ4n) is 1.71. The molecule has 0 aromatic heterocycles. The maximum atomic E-state index is 3.40. The molecule has 2 N–H and O–H groups in total. The zero-order chi connectivity index (χ0) is 8.16. The predicted molar refractivity (Wildman–Crippen MR) is 48.8 cm³/mol. The van der Waals surface area contributed by atoms with Crippen LogP contribution >= 0.6 is 0 Å². The van der Waals surface area contributed by atoms with E-state index in [1.165, 1.54) is 32.4 Å². The molecule has 1 rings (SSSR count). The van der Waals surface area contributed by atoms with Crippen LogP contribution in [0.5, 0.6) is 0 Å². The van der Waals surface area contributed by atoms with Gasteiger partial charge in [-0.3, -0.25) is 0 Å². The zero-order valence-electron chi connectivity index (χ0n) is 7.74. The fraction of sp³-hybridized carbons (Fsp3) is 1.00. The molecule has 0 aromatic rings. The first-order valence-corrected chi connectivity index (χ1v) is 4.62. The lowest BCUT2D eigenvalue weighted by Gasteiger charge is -2.34. The summed E-state index contributed by atoms with van der Waals surface area (Å²) in [6, 6.07) is 0. The summed E-state index contributed by atoms with van der Waals surface area (Å²) >= 11 is 0. The molecule has 0 aromatic carbocycles. The summed E-state index contributed by atoms with van der Waals surface area (Å²) in [4.78, 5) is 0. The van der Waals surface area contributed by atoms with Crippen molar-refractivity contribution >= 4 is 0 Å². The third kappa shape index (κ3) is 2.80. The van der Waals surface area contributed by atoms with Gasteiger partial charge in [0, 0.05) is 0 Å². The van der Waals surface area contributed by atoms with E-state index < -0.39 is 0 Å². The third-order valence-electron chi connectivity index (χ3n) is 2.79. The molecule has 0 amide bonds. The first kappa shape index (κ1) is 9.01. The molecule has 0 unspecified atom stereocenters. The molecule has 0 bridgehead atoms. The Hall–Kier alpha value is -0.0800. The zero-order valence-corrected chi connectivity index (χ0v) is 7.74. The van der Waals surface area contributed by atoms with Crippen molar-refractivity contribution in [3.05, 3.63) is 0 Å². The highest BCUT2D eigenvalue weighted by atomic mass is 14.9. The van der Waals surface area contributed by atoms with Gasteiger partial charge in [0.15, 0.2) is 0 Å². The Morgan fingerprint density at radius 3 is 2.55 bits per heavy atom. The van der Waals surface area contributed by atoms with Gasteiger partial charge < -0.3 is 10.6 Å². The number of piperidine rings is 1. The van der Waals surface area contributed by atoms with Crippen LogP contribution in [0, 0.1) is 5.41 Å². The number of hydrogen-bond donors (Lipinski definition) is 2. The highest BCUT2D eigenvalue weighted by Crippen LogP contribution is 2.30. The van der Waals surface area contributed by atoms with Gasteiger partial charge in [-0.25, -0.2) is 0 Å². The van der Waals surface area contributed by atoms with Crippen molar-refractivity contribution in [2.45, 2.75) is 26.2 Å². The molecule has 11 heavy (non-hydrogen) atoms. The summed E-state index contributed by atoms with van der Waals surface area (Å²) in [6.45, 7) is 5.99. The van der Waals surface area contributed by atoms with Crippen LogP contribution in [-0.4, -0.2) is 26.7 Å². The SMILES string of the molecule is CNCCC1(C)CCNCC1. The molecule has 1 aliphatic heterocycles. The van der Waals surface area contributed by atoms with E-state index in [1.807, 2.05) is 7.05 Å². The summed E-state index contributed by atoms with van der Waals surface area (Å²) in [5.41, 5.74) is 0.605. The van der Waals surface area contributed by atoms with Gasteiger partial charge in [0.05, 0.1) is 0 Å². The predicted octanol–water partition coefficient (Wildman–Crippen LogP) is 0.986. The molecule has 0 atom stereocenters. The largest absolute Gasteiger partial charge is 0.320 e. The number of rotatable bonds is 3. The van der Waals surface area contributed by atoms with Crippen molar-refractivity contribution in [1.29, 1.82) is 0 Å². The van der Waals surface area contributed by atoms with Crippen molar-refractivity contribution in [2.75, 3.05) is 26.7 Å². The van der Waals surface area contributed by atoms with E-state index in [1.54, 1.807) is 0 Å². The summed E-state index contributed by atoms with van der Waals surface area (Å²) in [5.74, 6) is 0. The van der Waals surface area contributed by atoms with Crippen molar-refractivity contribution in [2.24, 2.45) is 5.41 Å². The number of hydrogen-bond acceptors (Lipinski definition) is 2. The lowest BCUT2D eigenvalue weighted by atomic mass is 9.78. The fourth-order valence-corrected chi connectivity index (χ4v) is 1.71. The Kier molecular flexibility index (Phi) is 3.34. The Morgan fingerprint density at radius 1 is 1.36 bits per heavy atom. The highest BCUT2D eigenvalue weighted by molar-refractivity contribution is 4.80. The van der Waals surface area contributed by atoms with E-state index in [4.69, 9.17) is 0 Å². The monoisotopic (exact) mass is 156 g/mol. The minimum atomic E-state index is 0.605. The van der Waals surface area contributed by atoms with Gasteiger partial charge in [0.1, 0.15) is 0 Å². The minimum absolute atomic E-state index is 0.605. The van der Waals surface area contributed by atoms with Crippen LogP contribution in [0.25, 0.3) is 0 Å². The molecule has 0 saturated carbocycles. The van der Waals surface area contributed by atoms with Crippen molar-refractivity contribution < 1.29 is 0 Å². The van der Waals surface area contributed by atoms with E-state index in [2.05, 4.69) is 17.6 Å². The second-order valence-electron chi connectivity index (χ2n) is 3.91. The van der Waals surface area contributed by atoms with Crippen molar-refractivity contribution in [1.82, 2.24) is 10.6 Å². The summed E-state index contributed by atoms with van der Waals surface area (Å²) in [7, 11) is 2.03. The molecule has 0 radical (unpaired) electrons. The molecule has 2 nitrogen and oxygen atoms in total. The van der Waals surface area contributed by atoms with Crippen LogP contribution in [0.15, 0.2) is 0 Å². The summed E-state index contributed by atoms with van der Waals surface area (Å²) in [5, 5.41) is 6.62. The Bertz CT molecular complexity index is 106. The molecule has 0 spiro atoms. The van der Waals surface area contributed by atoms with Crippen LogP contribution in [-0.2, 0) is 0 Å². The molecular weight excluding hydrogens is 136 g/mol. The second kappa shape index (κ2) is 4.07. The Labute approximate surface area is 69.8 Å². The van der Waals surface area contributed by atoms with E-state index in [0.29, 0.717) is 5.41 Å². The molecule has 66 valence electrons. The van der Waals surface area contributed by atoms with Gasteiger partial charge in [-0.05, 0) is 51.4 Å². The molecule has 0 aliphatic carbocycles. The molecule has 2 heteroatoms. The van der Waals surface area contributed by atoms with Gasteiger partial charge >= 0.3 is 0 Å². The van der Waals surface area contributed by atoms with Crippen LogP contribution in [0.4, 0.5) is 0 Å². The van der Waals surface area contributed by atoms with Crippen LogP contribution < -0.4 is 10.6 Å². The second-order valence-corrected chi connectivity index (χ2v) is 3.91. The summed E-state index contributed by atoms with van der Waals surface area (Å²) < 4.78 is 0. The maximum absolute atomic E-state index is 3.40. The normalized spacial score (nSPS) is 23.5. The average Bonchev–Trinajstić information content (AvgIpc) is 2.03. The van der Waals surface area contributed by atoms with E-state index >= 15 is 0 Å². The molecule has 1 saturated heterocycles. The smallest absolute Gasteiger partial charge is 0.00437 e. The quantitative estimate of drug-likeness (QED) is 0.636. The van der Waals surface area contributed by atoms with Crippen LogP contribution in [0.3, 0.4) is 0 Å². The molecule has 1 heterocycles. The Balaban J connectivity index is 2.25.